The minimum Gasteiger partial charge on any atom is -0.497 e. The molecule has 0 spiro atoms. The van der Waals surface area contributed by atoms with Gasteiger partial charge in [-0.15, -0.1) is 0 Å². The van der Waals surface area contributed by atoms with Gasteiger partial charge in [-0.25, -0.2) is 0 Å². The summed E-state index contributed by atoms with van der Waals surface area (Å²) in [5.74, 6) is 0.761. The first kappa shape index (κ1) is 11.9. The fraction of sp³-hybridized carbons (Fsp3) is 0.364. The molecular weight excluding hydrogens is 210 g/mol. The Kier molecular flexibility index (Phi) is 4.49. The van der Waals surface area contributed by atoms with Gasteiger partial charge in [0.1, 0.15) is 5.75 Å². The Bertz CT molecular complexity index is 339. The maximum Gasteiger partial charge on any atom is 0.284 e. The van der Waals surface area contributed by atoms with E-state index in [4.69, 9.17) is 4.74 Å². The predicted octanol–water partition coefficient (Wildman–Crippen LogP) is 2.91. The SMILES string of the molecule is COc1cccc(SC(=O)NC(C)C)c1. The van der Waals surface area contributed by atoms with E-state index in [1.54, 1.807) is 7.11 Å². The number of hydrogen-bond donors (Lipinski definition) is 1. The minimum absolute atomic E-state index is 0.0433. The fourth-order valence-electron chi connectivity index (χ4n) is 1.04. The average Bonchev–Trinajstić information content (AvgIpc) is 2.16. The molecule has 0 aliphatic rings. The summed E-state index contributed by atoms with van der Waals surface area (Å²) in [4.78, 5) is 12.3. The van der Waals surface area contributed by atoms with Gasteiger partial charge in [0.25, 0.3) is 5.24 Å². The molecule has 1 amide bonds. The molecule has 82 valence electrons. The van der Waals surface area contributed by atoms with E-state index in [1.165, 1.54) is 11.8 Å². The Morgan fingerprint density at radius 3 is 2.80 bits per heavy atom. The summed E-state index contributed by atoms with van der Waals surface area (Å²) >= 11 is 1.17. The van der Waals surface area contributed by atoms with Crippen LogP contribution in [0.25, 0.3) is 0 Å². The van der Waals surface area contributed by atoms with E-state index in [9.17, 15) is 4.79 Å². The van der Waals surface area contributed by atoms with Crippen LogP contribution in [-0.4, -0.2) is 18.4 Å². The van der Waals surface area contributed by atoms with Gasteiger partial charge in [0.05, 0.1) is 7.11 Å². The average molecular weight is 225 g/mol. The summed E-state index contributed by atoms with van der Waals surface area (Å²) in [5, 5.41) is 2.77. The van der Waals surface area contributed by atoms with Gasteiger partial charge in [-0.1, -0.05) is 6.07 Å². The van der Waals surface area contributed by atoms with Gasteiger partial charge in [0.2, 0.25) is 0 Å². The lowest BCUT2D eigenvalue weighted by atomic mass is 10.3. The molecule has 1 aromatic carbocycles. The number of nitrogens with one attached hydrogen (secondary N) is 1. The third kappa shape index (κ3) is 4.25. The van der Waals surface area contributed by atoms with Crippen LogP contribution in [0, 0.1) is 0 Å². The smallest absolute Gasteiger partial charge is 0.284 e. The fourth-order valence-corrected chi connectivity index (χ4v) is 1.87. The molecule has 0 heterocycles. The van der Waals surface area contributed by atoms with Crippen molar-refractivity contribution in [3.05, 3.63) is 24.3 Å². The summed E-state index contributed by atoms with van der Waals surface area (Å²) in [7, 11) is 1.61. The van der Waals surface area contributed by atoms with Crippen LogP contribution >= 0.6 is 11.8 Å². The molecule has 0 saturated heterocycles. The Morgan fingerprint density at radius 2 is 2.20 bits per heavy atom. The van der Waals surface area contributed by atoms with Crippen molar-refractivity contribution in [2.45, 2.75) is 24.8 Å². The van der Waals surface area contributed by atoms with Crippen molar-refractivity contribution in [2.24, 2.45) is 0 Å². The van der Waals surface area contributed by atoms with Gasteiger partial charge in [-0.2, -0.15) is 0 Å². The van der Waals surface area contributed by atoms with E-state index >= 15 is 0 Å². The molecular formula is C11H15NO2S. The number of carbonyl (C=O) groups excluding carboxylic acids is 1. The molecule has 1 aromatic rings. The van der Waals surface area contributed by atoms with Crippen molar-refractivity contribution in [1.82, 2.24) is 5.32 Å². The summed E-state index contributed by atoms with van der Waals surface area (Å²) in [5.41, 5.74) is 0. The number of rotatable bonds is 3. The maximum atomic E-state index is 11.4. The summed E-state index contributed by atoms with van der Waals surface area (Å²) in [6, 6.07) is 7.60. The Balaban J connectivity index is 2.60. The first-order valence-corrected chi connectivity index (χ1v) is 5.56. The van der Waals surface area contributed by atoms with Crippen molar-refractivity contribution in [2.75, 3.05) is 7.11 Å². The monoisotopic (exact) mass is 225 g/mol. The Hall–Kier alpha value is -1.16. The predicted molar refractivity (Wildman–Crippen MR) is 62.5 cm³/mol. The normalized spacial score (nSPS) is 10.1. The first-order valence-electron chi connectivity index (χ1n) is 4.74. The quantitative estimate of drug-likeness (QED) is 0.804. The minimum atomic E-state index is -0.0433. The van der Waals surface area contributed by atoms with Gasteiger partial charge in [0.15, 0.2) is 0 Å². The number of ether oxygens (including phenoxy) is 1. The molecule has 0 bridgehead atoms. The highest BCUT2D eigenvalue weighted by molar-refractivity contribution is 8.13. The van der Waals surface area contributed by atoms with Crippen molar-refractivity contribution in [3.8, 4) is 5.75 Å². The van der Waals surface area contributed by atoms with Crippen molar-refractivity contribution in [1.29, 1.82) is 0 Å². The summed E-state index contributed by atoms with van der Waals surface area (Å²) in [6.07, 6.45) is 0. The van der Waals surface area contributed by atoms with E-state index < -0.39 is 0 Å². The van der Waals surface area contributed by atoms with Crippen LogP contribution < -0.4 is 10.1 Å². The number of carbonyl (C=O) groups is 1. The molecule has 4 heteroatoms. The molecule has 0 fully saturated rings. The third-order valence-corrected chi connectivity index (χ3v) is 2.45. The molecule has 3 nitrogen and oxygen atoms in total. The largest absolute Gasteiger partial charge is 0.497 e. The van der Waals surface area contributed by atoms with E-state index in [0.717, 1.165) is 10.6 Å². The lowest BCUT2D eigenvalue weighted by Gasteiger charge is -2.07. The van der Waals surface area contributed by atoms with Crippen LogP contribution in [-0.2, 0) is 0 Å². The maximum absolute atomic E-state index is 11.4. The summed E-state index contributed by atoms with van der Waals surface area (Å²) in [6.45, 7) is 3.87. The highest BCUT2D eigenvalue weighted by atomic mass is 32.2. The topological polar surface area (TPSA) is 38.3 Å². The molecule has 0 aliphatic carbocycles. The van der Waals surface area contributed by atoms with Gasteiger partial charge in [0, 0.05) is 10.9 Å². The molecule has 0 radical (unpaired) electrons. The van der Waals surface area contributed by atoms with Crippen molar-refractivity contribution >= 4 is 17.0 Å². The van der Waals surface area contributed by atoms with E-state index in [0.29, 0.717) is 0 Å². The standard InChI is InChI=1S/C11H15NO2S/c1-8(2)12-11(13)15-10-6-4-5-9(7-10)14-3/h4-8H,1-3H3,(H,12,13). The van der Waals surface area contributed by atoms with E-state index in [2.05, 4.69) is 5.32 Å². The third-order valence-electron chi connectivity index (χ3n) is 1.66. The van der Waals surface area contributed by atoms with Crippen LogP contribution in [0.2, 0.25) is 0 Å². The zero-order valence-electron chi connectivity index (χ0n) is 9.11. The molecule has 15 heavy (non-hydrogen) atoms. The van der Waals surface area contributed by atoms with Crippen molar-refractivity contribution < 1.29 is 9.53 Å². The Morgan fingerprint density at radius 1 is 1.47 bits per heavy atom. The molecule has 1 N–H and O–H groups in total. The van der Waals surface area contributed by atoms with Crippen LogP contribution in [0.3, 0.4) is 0 Å². The van der Waals surface area contributed by atoms with Crippen molar-refractivity contribution in [3.63, 3.8) is 0 Å². The number of methoxy groups -OCH3 is 1. The molecule has 0 unspecified atom stereocenters. The first-order chi connectivity index (χ1) is 7.11. The number of amides is 1. The van der Waals surface area contributed by atoms with E-state index in [-0.39, 0.29) is 11.3 Å². The number of hydrogen-bond acceptors (Lipinski definition) is 3. The number of benzene rings is 1. The lowest BCUT2D eigenvalue weighted by Crippen LogP contribution is -2.26. The lowest BCUT2D eigenvalue weighted by molar-refractivity contribution is 0.259. The second-order valence-electron chi connectivity index (χ2n) is 3.37. The Labute approximate surface area is 94.2 Å². The zero-order chi connectivity index (χ0) is 11.3. The van der Waals surface area contributed by atoms with Crippen LogP contribution in [0.1, 0.15) is 13.8 Å². The van der Waals surface area contributed by atoms with Gasteiger partial charge in [-0.3, -0.25) is 4.79 Å². The van der Waals surface area contributed by atoms with Gasteiger partial charge >= 0.3 is 0 Å². The molecule has 0 aromatic heterocycles. The molecule has 1 rings (SSSR count). The van der Waals surface area contributed by atoms with Gasteiger partial charge in [-0.05, 0) is 43.8 Å². The van der Waals surface area contributed by atoms with Gasteiger partial charge < -0.3 is 10.1 Å². The van der Waals surface area contributed by atoms with Crippen LogP contribution in [0.15, 0.2) is 29.2 Å². The van der Waals surface area contributed by atoms with Crippen LogP contribution in [0.4, 0.5) is 4.79 Å². The zero-order valence-corrected chi connectivity index (χ0v) is 9.93. The van der Waals surface area contributed by atoms with Crippen LogP contribution in [0.5, 0.6) is 5.75 Å². The van der Waals surface area contributed by atoms with E-state index in [1.807, 2.05) is 38.1 Å². The molecule has 0 atom stereocenters. The number of thioether (sulfide) groups is 1. The molecule has 0 saturated carbocycles. The second-order valence-corrected chi connectivity index (χ2v) is 4.41. The highest BCUT2D eigenvalue weighted by Gasteiger charge is 2.06. The highest BCUT2D eigenvalue weighted by Crippen LogP contribution is 2.23. The summed E-state index contributed by atoms with van der Waals surface area (Å²) < 4.78 is 5.07. The second kappa shape index (κ2) is 5.66. The molecule has 0 aliphatic heterocycles.